The van der Waals surface area contributed by atoms with Crippen LogP contribution in [0.15, 0.2) is 18.2 Å². The van der Waals surface area contributed by atoms with Gasteiger partial charge in [0.1, 0.15) is 5.69 Å². The number of carbonyl (C=O) groups is 1. The van der Waals surface area contributed by atoms with Gasteiger partial charge in [-0.05, 0) is 39.0 Å². The van der Waals surface area contributed by atoms with E-state index in [2.05, 4.69) is 10.2 Å². The highest BCUT2D eigenvalue weighted by molar-refractivity contribution is 5.96. The van der Waals surface area contributed by atoms with Gasteiger partial charge in [-0.2, -0.15) is 0 Å². The molecule has 0 atom stereocenters. The van der Waals surface area contributed by atoms with Gasteiger partial charge < -0.3 is 15.3 Å². The van der Waals surface area contributed by atoms with Crippen LogP contribution < -0.4 is 5.32 Å². The summed E-state index contributed by atoms with van der Waals surface area (Å²) < 4.78 is 0. The number of piperidine rings is 1. The van der Waals surface area contributed by atoms with Crippen molar-refractivity contribution in [2.75, 3.05) is 25.5 Å². The maximum atomic E-state index is 11.2. The molecule has 1 aromatic carbocycles. The summed E-state index contributed by atoms with van der Waals surface area (Å²) in [6, 6.07) is 4.16. The van der Waals surface area contributed by atoms with E-state index < -0.39 is 10.9 Å². The first-order valence-corrected chi connectivity index (χ1v) is 6.45. The second kappa shape index (κ2) is 5.87. The molecule has 0 amide bonds. The fourth-order valence-electron chi connectivity index (χ4n) is 2.38. The second-order valence-electron chi connectivity index (χ2n) is 4.98. The van der Waals surface area contributed by atoms with Crippen LogP contribution in [-0.2, 0) is 0 Å². The lowest BCUT2D eigenvalue weighted by molar-refractivity contribution is -0.384. The fourth-order valence-corrected chi connectivity index (χ4v) is 2.38. The minimum Gasteiger partial charge on any atom is -0.478 e. The molecule has 0 aliphatic carbocycles. The van der Waals surface area contributed by atoms with Gasteiger partial charge in [0.15, 0.2) is 0 Å². The highest BCUT2D eigenvalue weighted by Gasteiger charge is 2.25. The molecule has 0 saturated carbocycles. The van der Waals surface area contributed by atoms with Crippen LogP contribution in [0.25, 0.3) is 0 Å². The van der Waals surface area contributed by atoms with Gasteiger partial charge in [-0.1, -0.05) is 6.07 Å². The lowest BCUT2D eigenvalue weighted by atomic mass is 10.0. The number of hydrogen-bond acceptors (Lipinski definition) is 5. The van der Waals surface area contributed by atoms with Crippen molar-refractivity contribution in [3.63, 3.8) is 0 Å². The first-order chi connectivity index (χ1) is 9.49. The fraction of sp³-hybridized carbons (Fsp3) is 0.462. The number of rotatable bonds is 4. The first kappa shape index (κ1) is 14.3. The Morgan fingerprint density at radius 2 is 2.10 bits per heavy atom. The van der Waals surface area contributed by atoms with E-state index in [1.165, 1.54) is 18.2 Å². The summed E-state index contributed by atoms with van der Waals surface area (Å²) in [7, 11) is 2.02. The number of likely N-dealkylation sites (tertiary alicyclic amines) is 1. The number of anilines is 1. The lowest BCUT2D eigenvalue weighted by Crippen LogP contribution is -2.37. The van der Waals surface area contributed by atoms with Gasteiger partial charge in [0.05, 0.1) is 10.5 Å². The zero-order valence-electron chi connectivity index (χ0n) is 11.2. The average molecular weight is 279 g/mol. The predicted octanol–water partition coefficient (Wildman–Crippen LogP) is 1.80. The van der Waals surface area contributed by atoms with Crippen LogP contribution in [0.2, 0.25) is 0 Å². The van der Waals surface area contributed by atoms with Crippen molar-refractivity contribution < 1.29 is 14.8 Å². The van der Waals surface area contributed by atoms with Crippen molar-refractivity contribution in [1.29, 1.82) is 0 Å². The van der Waals surface area contributed by atoms with Gasteiger partial charge >= 0.3 is 5.97 Å². The molecule has 0 radical (unpaired) electrons. The van der Waals surface area contributed by atoms with Gasteiger partial charge in [-0.3, -0.25) is 10.1 Å². The molecule has 2 N–H and O–H groups in total. The summed E-state index contributed by atoms with van der Waals surface area (Å²) in [5.41, 5.74) is -0.137. The minimum absolute atomic E-state index is 0.0573. The van der Waals surface area contributed by atoms with E-state index in [0.717, 1.165) is 25.9 Å². The van der Waals surface area contributed by atoms with Crippen LogP contribution in [0.4, 0.5) is 11.4 Å². The monoisotopic (exact) mass is 279 g/mol. The molecule has 7 nitrogen and oxygen atoms in total. The van der Waals surface area contributed by atoms with Crippen LogP contribution in [0.3, 0.4) is 0 Å². The molecule has 1 aliphatic heterocycles. The molecular formula is C13H17N3O4. The van der Waals surface area contributed by atoms with Crippen molar-refractivity contribution in [1.82, 2.24) is 4.90 Å². The Labute approximate surface area is 116 Å². The third-order valence-electron chi connectivity index (χ3n) is 3.54. The summed E-state index contributed by atoms with van der Waals surface area (Å²) in [5.74, 6) is -1.16. The molecule has 0 aromatic heterocycles. The maximum Gasteiger partial charge on any atom is 0.338 e. The number of benzene rings is 1. The minimum atomic E-state index is -1.16. The second-order valence-corrected chi connectivity index (χ2v) is 4.98. The summed E-state index contributed by atoms with van der Waals surface area (Å²) >= 11 is 0. The summed E-state index contributed by atoms with van der Waals surface area (Å²) in [4.78, 5) is 23.9. The standard InChI is InChI=1S/C13H17N3O4/c1-15-7-5-9(6-8-15)14-12-10(13(17)18)3-2-4-11(12)16(19)20/h2-4,9,14H,5-8H2,1H3,(H,17,18). The van der Waals surface area contributed by atoms with Crippen LogP contribution in [0, 0.1) is 10.1 Å². The van der Waals surface area contributed by atoms with E-state index in [1.54, 1.807) is 0 Å². The quantitative estimate of drug-likeness (QED) is 0.644. The van der Waals surface area contributed by atoms with Crippen LogP contribution >= 0.6 is 0 Å². The number of carboxylic acid groups (broad SMARTS) is 1. The number of nitro groups is 1. The van der Waals surface area contributed by atoms with Crippen LogP contribution in [0.1, 0.15) is 23.2 Å². The number of aromatic carboxylic acids is 1. The third kappa shape index (κ3) is 3.05. The number of para-hydroxylation sites is 1. The Morgan fingerprint density at radius 3 is 2.65 bits per heavy atom. The molecule has 1 aliphatic rings. The van der Waals surface area contributed by atoms with E-state index >= 15 is 0 Å². The molecule has 1 fully saturated rings. The molecule has 2 rings (SSSR count). The predicted molar refractivity (Wildman–Crippen MR) is 74.2 cm³/mol. The summed E-state index contributed by atoms with van der Waals surface area (Å²) in [5, 5.41) is 23.3. The Balaban J connectivity index is 2.28. The Hall–Kier alpha value is -2.15. The van der Waals surface area contributed by atoms with Gasteiger partial charge in [-0.25, -0.2) is 4.79 Å². The summed E-state index contributed by atoms with van der Waals surface area (Å²) in [6.45, 7) is 1.78. The van der Waals surface area contributed by atoms with Crippen molar-refractivity contribution in [2.45, 2.75) is 18.9 Å². The first-order valence-electron chi connectivity index (χ1n) is 6.45. The zero-order valence-corrected chi connectivity index (χ0v) is 11.2. The van der Waals surface area contributed by atoms with Gasteiger partial charge in [0.2, 0.25) is 0 Å². The summed E-state index contributed by atoms with van der Waals surface area (Å²) in [6.07, 6.45) is 1.67. The van der Waals surface area contributed by atoms with Gasteiger partial charge in [0.25, 0.3) is 5.69 Å². The van der Waals surface area contributed by atoms with E-state index in [0.29, 0.717) is 0 Å². The Kier molecular flexibility index (Phi) is 4.19. The van der Waals surface area contributed by atoms with Gasteiger partial charge in [0, 0.05) is 12.1 Å². The molecule has 20 heavy (non-hydrogen) atoms. The molecular weight excluding hydrogens is 262 g/mol. The molecule has 108 valence electrons. The van der Waals surface area contributed by atoms with E-state index in [9.17, 15) is 20.0 Å². The maximum absolute atomic E-state index is 11.2. The van der Waals surface area contributed by atoms with Gasteiger partial charge in [-0.15, -0.1) is 0 Å². The molecule has 0 unspecified atom stereocenters. The SMILES string of the molecule is CN1CCC(Nc2c(C(=O)O)cccc2[N+](=O)[O-])CC1. The average Bonchev–Trinajstić information content (AvgIpc) is 2.41. The van der Waals surface area contributed by atoms with Crippen molar-refractivity contribution in [2.24, 2.45) is 0 Å². The number of nitro benzene ring substituents is 1. The molecule has 7 heteroatoms. The molecule has 1 aromatic rings. The molecule has 1 saturated heterocycles. The zero-order chi connectivity index (χ0) is 14.7. The third-order valence-corrected chi connectivity index (χ3v) is 3.54. The Bertz CT molecular complexity index is 492. The van der Waals surface area contributed by atoms with Crippen molar-refractivity contribution >= 4 is 17.3 Å². The van der Waals surface area contributed by atoms with E-state index in [1.807, 2.05) is 7.05 Å². The highest BCUT2D eigenvalue weighted by Crippen LogP contribution is 2.30. The lowest BCUT2D eigenvalue weighted by Gasteiger charge is -2.30. The van der Waals surface area contributed by atoms with Crippen LogP contribution in [-0.4, -0.2) is 47.1 Å². The smallest absolute Gasteiger partial charge is 0.338 e. The number of nitrogens with one attached hydrogen (secondary N) is 1. The van der Waals surface area contributed by atoms with Crippen molar-refractivity contribution in [3.8, 4) is 0 Å². The van der Waals surface area contributed by atoms with Crippen LogP contribution in [0.5, 0.6) is 0 Å². The Morgan fingerprint density at radius 1 is 1.45 bits per heavy atom. The highest BCUT2D eigenvalue weighted by atomic mass is 16.6. The number of nitrogens with zero attached hydrogens (tertiary/aromatic N) is 2. The number of carboxylic acids is 1. The van der Waals surface area contributed by atoms with E-state index in [4.69, 9.17) is 0 Å². The number of hydrogen-bond donors (Lipinski definition) is 2. The molecule has 0 bridgehead atoms. The van der Waals surface area contributed by atoms with Crippen molar-refractivity contribution in [3.05, 3.63) is 33.9 Å². The largest absolute Gasteiger partial charge is 0.478 e. The normalized spacial score (nSPS) is 16.9. The topological polar surface area (TPSA) is 95.7 Å². The molecule has 0 spiro atoms. The molecule has 1 heterocycles. The van der Waals surface area contributed by atoms with E-state index in [-0.39, 0.29) is 23.0 Å².